The van der Waals surface area contributed by atoms with Gasteiger partial charge in [-0.3, -0.25) is 14.4 Å². The Kier molecular flexibility index (Phi) is 4.77. The van der Waals surface area contributed by atoms with Gasteiger partial charge in [0.25, 0.3) is 5.91 Å². The number of aryl methyl sites for hydroxylation is 2. The number of carbonyl (C=O) groups is 1. The van der Waals surface area contributed by atoms with Gasteiger partial charge in [-0.2, -0.15) is 5.10 Å². The Morgan fingerprint density at radius 3 is 2.50 bits per heavy atom. The first-order chi connectivity index (χ1) is 9.56. The average molecular weight is 280 g/mol. The zero-order chi connectivity index (χ0) is 14.7. The van der Waals surface area contributed by atoms with Crippen LogP contribution in [0.1, 0.15) is 29.5 Å². The van der Waals surface area contributed by atoms with Gasteiger partial charge < -0.3 is 10.0 Å². The molecule has 2 rings (SSSR count). The molecule has 1 unspecified atom stereocenters. The van der Waals surface area contributed by atoms with Crippen molar-refractivity contribution in [1.82, 2.24) is 19.6 Å². The molecule has 0 aliphatic carbocycles. The number of hydrogen-bond acceptors (Lipinski definition) is 4. The lowest BCUT2D eigenvalue weighted by atomic mass is 10.1. The minimum atomic E-state index is 0.0461. The largest absolute Gasteiger partial charge is 0.395 e. The number of hydrogen-bond donors (Lipinski definition) is 1. The van der Waals surface area contributed by atoms with E-state index in [0.29, 0.717) is 18.8 Å². The molecule has 0 radical (unpaired) electrons. The minimum Gasteiger partial charge on any atom is -0.395 e. The second-order valence-corrected chi connectivity index (χ2v) is 5.37. The monoisotopic (exact) mass is 280 g/mol. The number of rotatable bonds is 4. The Morgan fingerprint density at radius 2 is 2.05 bits per heavy atom. The molecule has 2 heterocycles. The molecule has 20 heavy (non-hydrogen) atoms. The molecule has 1 aromatic heterocycles. The molecule has 1 N–H and O–H groups in total. The van der Waals surface area contributed by atoms with E-state index in [9.17, 15) is 9.90 Å². The molecule has 1 fully saturated rings. The third kappa shape index (κ3) is 3.02. The number of amides is 1. The molecule has 1 amide bonds. The zero-order valence-corrected chi connectivity index (χ0v) is 12.5. The number of aliphatic hydroxyl groups is 1. The van der Waals surface area contributed by atoms with Gasteiger partial charge in [0.2, 0.25) is 0 Å². The van der Waals surface area contributed by atoms with Crippen LogP contribution < -0.4 is 0 Å². The topological polar surface area (TPSA) is 61.6 Å². The number of aromatic nitrogens is 2. The molecule has 0 bridgehead atoms. The summed E-state index contributed by atoms with van der Waals surface area (Å²) in [5, 5.41) is 13.6. The number of nitrogens with zero attached hydrogens (tertiary/aromatic N) is 4. The van der Waals surface area contributed by atoms with E-state index < -0.39 is 0 Å². The maximum Gasteiger partial charge on any atom is 0.272 e. The molecule has 1 aliphatic rings. The van der Waals surface area contributed by atoms with Crippen molar-refractivity contribution in [2.75, 3.05) is 32.8 Å². The summed E-state index contributed by atoms with van der Waals surface area (Å²) in [6.07, 6.45) is 0.936. The smallest absolute Gasteiger partial charge is 0.272 e. The summed E-state index contributed by atoms with van der Waals surface area (Å²) in [7, 11) is 1.80. The Balaban J connectivity index is 1.97. The molecular formula is C14H24N4O2. The van der Waals surface area contributed by atoms with Gasteiger partial charge in [0.1, 0.15) is 5.69 Å². The van der Waals surface area contributed by atoms with E-state index in [1.54, 1.807) is 11.7 Å². The summed E-state index contributed by atoms with van der Waals surface area (Å²) < 4.78 is 1.65. The molecule has 0 aromatic carbocycles. The highest BCUT2D eigenvalue weighted by atomic mass is 16.3. The first-order valence-corrected chi connectivity index (χ1v) is 7.21. The van der Waals surface area contributed by atoms with Crippen LogP contribution >= 0.6 is 0 Å². The lowest BCUT2D eigenvalue weighted by molar-refractivity contribution is 0.0464. The van der Waals surface area contributed by atoms with Crippen molar-refractivity contribution in [1.29, 1.82) is 0 Å². The van der Waals surface area contributed by atoms with Crippen LogP contribution in [0.4, 0.5) is 0 Å². The fraction of sp³-hybridized carbons (Fsp3) is 0.714. The van der Waals surface area contributed by atoms with Crippen molar-refractivity contribution >= 4 is 5.91 Å². The molecule has 1 saturated heterocycles. The van der Waals surface area contributed by atoms with Crippen molar-refractivity contribution in [2.45, 2.75) is 26.3 Å². The SMILES string of the molecule is CCC(CO)N1CCN(C(=O)c2cc(C)nn2C)CC1. The number of carbonyl (C=O) groups excluding carboxylic acids is 1. The average Bonchev–Trinajstić information content (AvgIpc) is 2.79. The minimum absolute atomic E-state index is 0.0461. The summed E-state index contributed by atoms with van der Waals surface area (Å²) in [4.78, 5) is 16.6. The lowest BCUT2D eigenvalue weighted by Crippen LogP contribution is -2.52. The highest BCUT2D eigenvalue weighted by Crippen LogP contribution is 2.12. The van der Waals surface area contributed by atoms with Gasteiger partial charge in [0.15, 0.2) is 0 Å². The van der Waals surface area contributed by atoms with Gasteiger partial charge >= 0.3 is 0 Å². The van der Waals surface area contributed by atoms with Crippen molar-refractivity contribution in [3.63, 3.8) is 0 Å². The molecule has 1 aromatic rings. The molecule has 6 nitrogen and oxygen atoms in total. The number of piperazine rings is 1. The van der Waals surface area contributed by atoms with Gasteiger partial charge in [-0.1, -0.05) is 6.92 Å². The lowest BCUT2D eigenvalue weighted by Gasteiger charge is -2.38. The van der Waals surface area contributed by atoms with Crippen molar-refractivity contribution in [3.8, 4) is 0 Å². The standard InChI is InChI=1S/C14H24N4O2/c1-4-12(10-19)17-5-7-18(8-6-17)14(20)13-9-11(2)15-16(13)3/h9,12,19H,4-8,10H2,1-3H3. The van der Waals surface area contributed by atoms with E-state index in [2.05, 4.69) is 16.9 Å². The number of aliphatic hydroxyl groups excluding tert-OH is 1. The Hall–Kier alpha value is -1.40. The highest BCUT2D eigenvalue weighted by Gasteiger charge is 2.26. The van der Waals surface area contributed by atoms with Crippen molar-refractivity contribution in [3.05, 3.63) is 17.5 Å². The van der Waals surface area contributed by atoms with Crippen LogP contribution in [-0.4, -0.2) is 69.4 Å². The molecule has 6 heteroatoms. The van der Waals surface area contributed by atoms with E-state index in [1.165, 1.54) is 0 Å². The van der Waals surface area contributed by atoms with Crippen LogP contribution in [0.2, 0.25) is 0 Å². The van der Waals surface area contributed by atoms with E-state index in [4.69, 9.17) is 0 Å². The van der Waals surface area contributed by atoms with Crippen molar-refractivity contribution < 1.29 is 9.90 Å². The summed E-state index contributed by atoms with van der Waals surface area (Å²) >= 11 is 0. The first kappa shape index (κ1) is 15.0. The highest BCUT2D eigenvalue weighted by molar-refractivity contribution is 5.92. The van der Waals surface area contributed by atoms with Gasteiger partial charge in [-0.25, -0.2) is 0 Å². The maximum atomic E-state index is 12.4. The normalized spacial score (nSPS) is 18.3. The summed E-state index contributed by atoms with van der Waals surface area (Å²) in [6, 6.07) is 2.04. The van der Waals surface area contributed by atoms with Crippen LogP contribution in [0.25, 0.3) is 0 Å². The predicted molar refractivity (Wildman–Crippen MR) is 76.6 cm³/mol. The van der Waals surface area contributed by atoms with Crippen molar-refractivity contribution in [2.24, 2.45) is 7.05 Å². The second kappa shape index (κ2) is 6.37. The molecule has 1 atom stereocenters. The van der Waals surface area contributed by atoms with E-state index >= 15 is 0 Å². The quantitative estimate of drug-likeness (QED) is 0.859. The zero-order valence-electron chi connectivity index (χ0n) is 12.5. The summed E-state index contributed by atoms with van der Waals surface area (Å²) in [5.74, 6) is 0.0461. The third-order valence-corrected chi connectivity index (χ3v) is 4.02. The third-order valence-electron chi connectivity index (χ3n) is 4.02. The maximum absolute atomic E-state index is 12.4. The molecule has 1 aliphatic heterocycles. The van der Waals surface area contributed by atoms with Gasteiger partial charge in [-0.05, 0) is 19.4 Å². The predicted octanol–water partition coefficient (Wildman–Crippen LogP) is 0.257. The Bertz CT molecular complexity index is 460. The molecule has 0 spiro atoms. The van der Waals surface area contributed by atoms with Crippen LogP contribution in [0, 0.1) is 6.92 Å². The summed E-state index contributed by atoms with van der Waals surface area (Å²) in [5.41, 5.74) is 1.51. The molecular weight excluding hydrogens is 256 g/mol. The Morgan fingerprint density at radius 1 is 1.40 bits per heavy atom. The Labute approximate surface area is 120 Å². The summed E-state index contributed by atoms with van der Waals surface area (Å²) in [6.45, 7) is 7.21. The van der Waals surface area contributed by atoms with E-state index in [0.717, 1.165) is 25.2 Å². The van der Waals surface area contributed by atoms with E-state index in [-0.39, 0.29) is 18.6 Å². The van der Waals surface area contributed by atoms with Gasteiger partial charge in [0, 0.05) is 39.3 Å². The second-order valence-electron chi connectivity index (χ2n) is 5.37. The van der Waals surface area contributed by atoms with Crippen LogP contribution in [0.5, 0.6) is 0 Å². The van der Waals surface area contributed by atoms with Crippen LogP contribution in [0.15, 0.2) is 6.07 Å². The fourth-order valence-electron chi connectivity index (χ4n) is 2.77. The van der Waals surface area contributed by atoms with Crippen LogP contribution in [-0.2, 0) is 7.05 Å². The van der Waals surface area contributed by atoms with Gasteiger partial charge in [0.05, 0.1) is 12.3 Å². The molecule has 112 valence electrons. The van der Waals surface area contributed by atoms with Gasteiger partial charge in [-0.15, -0.1) is 0 Å². The van der Waals surface area contributed by atoms with Crippen LogP contribution in [0.3, 0.4) is 0 Å². The van der Waals surface area contributed by atoms with E-state index in [1.807, 2.05) is 17.9 Å². The first-order valence-electron chi connectivity index (χ1n) is 7.21. The fourth-order valence-corrected chi connectivity index (χ4v) is 2.77. The molecule has 0 saturated carbocycles.